The third-order valence-electron chi connectivity index (χ3n) is 4.90. The summed E-state index contributed by atoms with van der Waals surface area (Å²) < 4.78 is 0. The first-order valence-electron chi connectivity index (χ1n) is 7.27. The van der Waals surface area contributed by atoms with Crippen molar-refractivity contribution in [2.24, 2.45) is 23.7 Å². The highest BCUT2D eigenvalue weighted by atomic mass is 16.1. The van der Waals surface area contributed by atoms with Gasteiger partial charge in [-0.3, -0.25) is 4.79 Å². The van der Waals surface area contributed by atoms with Crippen molar-refractivity contribution in [3.63, 3.8) is 0 Å². The van der Waals surface area contributed by atoms with Gasteiger partial charge < -0.3 is 0 Å². The average molecular weight is 242 g/mol. The van der Waals surface area contributed by atoms with Crippen LogP contribution in [0.2, 0.25) is 0 Å². The predicted octanol–water partition coefficient (Wildman–Crippen LogP) is 3.65. The highest BCUT2D eigenvalue weighted by Gasteiger charge is 2.43. The molecule has 0 radical (unpaired) electrons. The summed E-state index contributed by atoms with van der Waals surface area (Å²) in [7, 11) is 0. The summed E-state index contributed by atoms with van der Waals surface area (Å²) in [4.78, 5) is 12.5. The first-order chi connectivity index (χ1) is 8.66. The highest BCUT2D eigenvalue weighted by molar-refractivity contribution is 5.83. The van der Waals surface area contributed by atoms with Gasteiger partial charge in [0.15, 0.2) is 0 Å². The van der Waals surface area contributed by atoms with E-state index in [4.69, 9.17) is 0 Å². The Hall–Kier alpha value is -1.11. The number of hydrogen-bond acceptors (Lipinski definition) is 1. The standard InChI is InChI=1S/C17H22O/c1-11(2)17(18)16-14-7-8-15(16)10-13-6-4-3-5-12(13)9-14/h3-6,11,14-16H,7-10H2,1-2H3. The van der Waals surface area contributed by atoms with E-state index in [1.807, 2.05) is 0 Å². The predicted molar refractivity (Wildman–Crippen MR) is 73.4 cm³/mol. The smallest absolute Gasteiger partial charge is 0.139 e. The van der Waals surface area contributed by atoms with Gasteiger partial charge in [0.25, 0.3) is 0 Å². The fourth-order valence-electron chi connectivity index (χ4n) is 4.00. The Morgan fingerprint density at radius 3 is 2.00 bits per heavy atom. The van der Waals surface area contributed by atoms with Crippen LogP contribution in [0.3, 0.4) is 0 Å². The molecular formula is C17H22O. The van der Waals surface area contributed by atoms with Gasteiger partial charge in [-0.05, 0) is 48.6 Å². The molecule has 1 heteroatoms. The number of Topliss-reactive ketones (excluding diaryl/α,β-unsaturated/α-hetero) is 1. The minimum atomic E-state index is 0.194. The molecule has 0 spiro atoms. The molecule has 2 bridgehead atoms. The monoisotopic (exact) mass is 242 g/mol. The first-order valence-corrected chi connectivity index (χ1v) is 7.27. The Labute approximate surface area is 110 Å². The van der Waals surface area contributed by atoms with E-state index in [1.165, 1.54) is 24.0 Å². The van der Waals surface area contributed by atoms with Crippen LogP contribution in [0.1, 0.15) is 37.8 Å². The van der Waals surface area contributed by atoms with Gasteiger partial charge >= 0.3 is 0 Å². The van der Waals surface area contributed by atoms with Gasteiger partial charge in [-0.15, -0.1) is 0 Å². The summed E-state index contributed by atoms with van der Waals surface area (Å²) in [6.07, 6.45) is 4.75. The molecule has 1 aromatic carbocycles. The van der Waals surface area contributed by atoms with Crippen LogP contribution in [0.25, 0.3) is 0 Å². The van der Waals surface area contributed by atoms with E-state index in [0.29, 0.717) is 23.5 Å². The third-order valence-corrected chi connectivity index (χ3v) is 4.90. The number of hydrogen-bond donors (Lipinski definition) is 0. The molecule has 1 nitrogen and oxygen atoms in total. The van der Waals surface area contributed by atoms with Gasteiger partial charge in [-0.2, -0.15) is 0 Å². The van der Waals surface area contributed by atoms with Crippen molar-refractivity contribution in [1.82, 2.24) is 0 Å². The molecule has 3 rings (SSSR count). The van der Waals surface area contributed by atoms with Crippen LogP contribution in [0.15, 0.2) is 24.3 Å². The van der Waals surface area contributed by atoms with Gasteiger partial charge in [-0.25, -0.2) is 0 Å². The quantitative estimate of drug-likeness (QED) is 0.773. The van der Waals surface area contributed by atoms with Crippen molar-refractivity contribution in [2.45, 2.75) is 39.5 Å². The molecule has 0 aromatic heterocycles. The van der Waals surface area contributed by atoms with E-state index in [-0.39, 0.29) is 5.92 Å². The van der Waals surface area contributed by atoms with E-state index in [9.17, 15) is 4.79 Å². The second-order valence-corrected chi connectivity index (χ2v) is 6.36. The Morgan fingerprint density at radius 2 is 1.56 bits per heavy atom. The van der Waals surface area contributed by atoms with Crippen LogP contribution >= 0.6 is 0 Å². The lowest BCUT2D eigenvalue weighted by Gasteiger charge is -2.22. The van der Waals surface area contributed by atoms with E-state index in [0.717, 1.165) is 12.8 Å². The molecular weight excluding hydrogens is 220 g/mol. The topological polar surface area (TPSA) is 17.1 Å². The van der Waals surface area contributed by atoms with Crippen LogP contribution < -0.4 is 0 Å². The van der Waals surface area contributed by atoms with Crippen LogP contribution in [0, 0.1) is 23.7 Å². The summed E-state index contributed by atoms with van der Waals surface area (Å²) in [6, 6.07) is 8.79. The van der Waals surface area contributed by atoms with Gasteiger partial charge in [0, 0.05) is 11.8 Å². The van der Waals surface area contributed by atoms with E-state index >= 15 is 0 Å². The second-order valence-electron chi connectivity index (χ2n) is 6.36. The van der Waals surface area contributed by atoms with Crippen molar-refractivity contribution in [3.8, 4) is 0 Å². The molecule has 0 saturated heterocycles. The number of fused-ring (bicyclic) bond motifs is 3. The molecule has 0 aliphatic heterocycles. The number of carbonyl (C=O) groups excluding carboxylic acids is 1. The summed E-state index contributed by atoms with van der Waals surface area (Å²) >= 11 is 0. The second kappa shape index (κ2) is 4.53. The Morgan fingerprint density at radius 1 is 1.06 bits per heavy atom. The molecule has 2 aliphatic carbocycles. The molecule has 2 unspecified atom stereocenters. The minimum absolute atomic E-state index is 0.194. The maximum Gasteiger partial charge on any atom is 0.139 e. The highest BCUT2D eigenvalue weighted by Crippen LogP contribution is 2.45. The van der Waals surface area contributed by atoms with Crippen molar-refractivity contribution in [2.75, 3.05) is 0 Å². The average Bonchev–Trinajstić information content (AvgIpc) is 2.64. The fourth-order valence-corrected chi connectivity index (χ4v) is 4.00. The van der Waals surface area contributed by atoms with Crippen LogP contribution in [0.5, 0.6) is 0 Å². The number of carbonyl (C=O) groups is 1. The Bertz CT molecular complexity index is 427. The largest absolute Gasteiger partial charge is 0.299 e. The minimum Gasteiger partial charge on any atom is -0.299 e. The first kappa shape index (κ1) is 12.0. The SMILES string of the molecule is CC(C)C(=O)C1C2CCC1Cc1ccccc1C2. The molecule has 0 heterocycles. The molecule has 2 atom stereocenters. The number of benzene rings is 1. The van der Waals surface area contributed by atoms with E-state index in [1.54, 1.807) is 0 Å². The molecule has 96 valence electrons. The molecule has 0 N–H and O–H groups in total. The third kappa shape index (κ3) is 1.90. The summed E-state index contributed by atoms with van der Waals surface area (Å²) in [5.74, 6) is 2.24. The van der Waals surface area contributed by atoms with Crippen molar-refractivity contribution < 1.29 is 4.79 Å². The molecule has 1 saturated carbocycles. The Balaban J connectivity index is 1.93. The lowest BCUT2D eigenvalue weighted by atomic mass is 9.80. The maximum atomic E-state index is 12.5. The van der Waals surface area contributed by atoms with E-state index < -0.39 is 0 Å². The van der Waals surface area contributed by atoms with Crippen LogP contribution in [-0.2, 0) is 17.6 Å². The van der Waals surface area contributed by atoms with E-state index in [2.05, 4.69) is 38.1 Å². The van der Waals surface area contributed by atoms with Gasteiger partial charge in [0.1, 0.15) is 5.78 Å². The zero-order chi connectivity index (χ0) is 12.7. The van der Waals surface area contributed by atoms with Crippen molar-refractivity contribution in [3.05, 3.63) is 35.4 Å². The van der Waals surface area contributed by atoms with Crippen LogP contribution in [-0.4, -0.2) is 5.78 Å². The van der Waals surface area contributed by atoms with Gasteiger partial charge in [-0.1, -0.05) is 38.1 Å². The summed E-state index contributed by atoms with van der Waals surface area (Å²) in [5, 5.41) is 0. The number of ketones is 1. The van der Waals surface area contributed by atoms with Gasteiger partial charge in [0.05, 0.1) is 0 Å². The normalized spacial score (nSPS) is 30.1. The summed E-state index contributed by atoms with van der Waals surface area (Å²) in [6.45, 7) is 4.11. The lowest BCUT2D eigenvalue weighted by Crippen LogP contribution is -2.28. The molecule has 2 aliphatic rings. The van der Waals surface area contributed by atoms with Crippen molar-refractivity contribution >= 4 is 5.78 Å². The zero-order valence-corrected chi connectivity index (χ0v) is 11.4. The molecule has 1 fully saturated rings. The lowest BCUT2D eigenvalue weighted by molar-refractivity contribution is -0.128. The number of rotatable bonds is 2. The molecule has 0 amide bonds. The van der Waals surface area contributed by atoms with Gasteiger partial charge in [0.2, 0.25) is 0 Å². The fraction of sp³-hybridized carbons (Fsp3) is 0.588. The zero-order valence-electron chi connectivity index (χ0n) is 11.4. The molecule has 18 heavy (non-hydrogen) atoms. The maximum absolute atomic E-state index is 12.5. The van der Waals surface area contributed by atoms with Crippen LogP contribution in [0.4, 0.5) is 0 Å². The summed E-state index contributed by atoms with van der Waals surface area (Å²) in [5.41, 5.74) is 2.98. The Kier molecular flexibility index (Phi) is 3.01. The molecule has 1 aromatic rings. The van der Waals surface area contributed by atoms with Crippen molar-refractivity contribution in [1.29, 1.82) is 0 Å².